The van der Waals surface area contributed by atoms with Gasteiger partial charge in [-0.3, -0.25) is 0 Å². The van der Waals surface area contributed by atoms with Gasteiger partial charge in [0.15, 0.2) is 0 Å². The molecule has 3 heteroatoms. The minimum absolute atomic E-state index is 0.584. The van der Waals surface area contributed by atoms with Gasteiger partial charge in [0.2, 0.25) is 0 Å². The summed E-state index contributed by atoms with van der Waals surface area (Å²) in [4.78, 5) is 0. The van der Waals surface area contributed by atoms with Crippen LogP contribution in [0.5, 0.6) is 0 Å². The summed E-state index contributed by atoms with van der Waals surface area (Å²) in [5.41, 5.74) is 0. The molecule has 0 amide bonds. The van der Waals surface area contributed by atoms with Crippen LogP contribution in [0, 0.1) is 21.5 Å². The van der Waals surface area contributed by atoms with Gasteiger partial charge in [-0.1, -0.05) is 0 Å². The Labute approximate surface area is 49.6 Å². The third-order valence-electron chi connectivity index (χ3n) is 1.04. The average Bonchev–Trinajstić information content (AvgIpc) is 2.42. The summed E-state index contributed by atoms with van der Waals surface area (Å²) in [5, 5.41) is 0. The Morgan fingerprint density at radius 1 is 1.71 bits per heavy atom. The standard InChI is InChI=1S/C4H7BrO2/c6-5-7-3-4-1-2-4/h4H,1-3H2. The summed E-state index contributed by atoms with van der Waals surface area (Å²) in [6.45, 7) is 0.712. The highest BCUT2D eigenvalue weighted by Gasteiger charge is 2.22. The van der Waals surface area contributed by atoms with E-state index in [0.717, 1.165) is 5.92 Å². The quantitative estimate of drug-likeness (QED) is 0.577. The first kappa shape index (κ1) is 5.54. The highest BCUT2D eigenvalue weighted by molar-refractivity contribution is 4.70. The van der Waals surface area contributed by atoms with Gasteiger partial charge in [0.05, 0.1) is 0 Å². The van der Waals surface area contributed by atoms with Gasteiger partial charge >= 0.3 is 15.5 Å². The van der Waals surface area contributed by atoms with Crippen LogP contribution in [0.25, 0.3) is 0 Å². The topological polar surface area (TPSA) is 32.3 Å². The maximum atomic E-state index is 9.67. The van der Waals surface area contributed by atoms with Crippen LogP contribution in [-0.2, 0) is 3.83 Å². The zero-order valence-corrected chi connectivity index (χ0v) is 5.48. The van der Waals surface area contributed by atoms with Gasteiger partial charge in [-0.05, 0) is 18.8 Å². The molecule has 0 saturated heterocycles. The molecular formula is C4H7BrO2. The molecule has 1 saturated carbocycles. The number of halogens is 1. The van der Waals surface area contributed by atoms with Gasteiger partial charge in [0.25, 0.3) is 0 Å². The van der Waals surface area contributed by atoms with Crippen LogP contribution in [0.4, 0.5) is 0 Å². The molecule has 7 heavy (non-hydrogen) atoms. The summed E-state index contributed by atoms with van der Waals surface area (Å²) >= 11 is -0.584. The van der Waals surface area contributed by atoms with E-state index in [2.05, 4.69) is 3.83 Å². The smallest absolute Gasteiger partial charge is 0.420 e. The molecule has 0 radical (unpaired) electrons. The van der Waals surface area contributed by atoms with Crippen molar-refractivity contribution in [1.29, 1.82) is 0 Å². The zero-order chi connectivity index (χ0) is 5.11. The van der Waals surface area contributed by atoms with E-state index in [4.69, 9.17) is 0 Å². The van der Waals surface area contributed by atoms with E-state index in [0.29, 0.717) is 6.61 Å². The maximum Gasteiger partial charge on any atom is 0.420 e. The molecule has 0 aromatic heterocycles. The Bertz CT molecular complexity index is 53.7. The lowest BCUT2D eigenvalue weighted by molar-refractivity contribution is -1.27. The predicted octanol–water partition coefficient (Wildman–Crippen LogP) is -0.312. The van der Waals surface area contributed by atoms with Crippen molar-refractivity contribution >= 4 is 0 Å². The molecule has 0 bridgehead atoms. The molecule has 1 aliphatic rings. The molecule has 0 aromatic rings. The van der Waals surface area contributed by atoms with Crippen molar-refractivity contribution in [2.24, 2.45) is 5.92 Å². The highest BCUT2D eigenvalue weighted by Crippen LogP contribution is 2.28. The lowest BCUT2D eigenvalue weighted by Gasteiger charge is -1.82. The molecular weight excluding hydrogens is 160 g/mol. The molecule has 0 aromatic carbocycles. The SMILES string of the molecule is [O-][Br+]OCC1CC1. The fourth-order valence-corrected chi connectivity index (χ4v) is 0.881. The normalized spacial score (nSPS) is 20.1. The van der Waals surface area contributed by atoms with Gasteiger partial charge in [-0.15, -0.1) is 3.83 Å². The van der Waals surface area contributed by atoms with E-state index in [9.17, 15) is 4.20 Å². The van der Waals surface area contributed by atoms with E-state index >= 15 is 0 Å². The molecule has 0 aliphatic heterocycles. The average molecular weight is 167 g/mol. The van der Waals surface area contributed by atoms with Gasteiger partial charge in [-0.25, -0.2) is 0 Å². The van der Waals surface area contributed by atoms with Crippen LogP contribution < -0.4 is 4.20 Å². The summed E-state index contributed by atoms with van der Waals surface area (Å²) < 4.78 is 14.3. The van der Waals surface area contributed by atoms with Gasteiger partial charge in [0, 0.05) is 0 Å². The van der Waals surface area contributed by atoms with Gasteiger partial charge in [-0.2, -0.15) is 0 Å². The van der Waals surface area contributed by atoms with Crippen LogP contribution in [0.15, 0.2) is 0 Å². The number of hydrogen-bond donors (Lipinski definition) is 0. The second-order valence-electron chi connectivity index (χ2n) is 1.78. The molecule has 0 unspecified atom stereocenters. The van der Waals surface area contributed by atoms with Crippen molar-refractivity contribution < 1.29 is 23.6 Å². The highest BCUT2D eigenvalue weighted by atomic mass is 79.9. The molecule has 2 nitrogen and oxygen atoms in total. The summed E-state index contributed by atoms with van der Waals surface area (Å²) in [5.74, 6) is 0.738. The zero-order valence-electron chi connectivity index (χ0n) is 3.89. The third kappa shape index (κ3) is 2.26. The minimum atomic E-state index is -0.584. The van der Waals surface area contributed by atoms with Crippen molar-refractivity contribution in [3.8, 4) is 0 Å². The summed E-state index contributed by atoms with van der Waals surface area (Å²) in [6.07, 6.45) is 2.54. The Balaban J connectivity index is 1.80. The first-order valence-electron chi connectivity index (χ1n) is 2.32. The first-order chi connectivity index (χ1) is 3.43. The lowest BCUT2D eigenvalue weighted by atomic mass is 10.5. The van der Waals surface area contributed by atoms with Crippen LogP contribution in [0.2, 0.25) is 0 Å². The molecule has 0 N–H and O–H groups in total. The van der Waals surface area contributed by atoms with Gasteiger partial charge in [0.1, 0.15) is 6.61 Å². The minimum Gasteiger partial charge on any atom is -0.550 e. The van der Waals surface area contributed by atoms with E-state index in [1.807, 2.05) is 0 Å². The Morgan fingerprint density at radius 3 is 2.86 bits per heavy atom. The summed E-state index contributed by atoms with van der Waals surface area (Å²) in [7, 11) is 0. The maximum absolute atomic E-state index is 9.67. The molecule has 1 aliphatic carbocycles. The molecule has 1 fully saturated rings. The second kappa shape index (κ2) is 2.64. The predicted molar refractivity (Wildman–Crippen MR) is 18.7 cm³/mol. The fourth-order valence-electron chi connectivity index (χ4n) is 0.399. The van der Waals surface area contributed by atoms with Crippen LogP contribution in [0.1, 0.15) is 12.8 Å². The molecule has 0 heterocycles. The van der Waals surface area contributed by atoms with Crippen LogP contribution in [-0.4, -0.2) is 6.61 Å². The van der Waals surface area contributed by atoms with Crippen molar-refractivity contribution in [2.75, 3.05) is 6.61 Å². The lowest BCUT2D eigenvalue weighted by Crippen LogP contribution is -2.05. The van der Waals surface area contributed by atoms with E-state index < -0.39 is 15.5 Å². The van der Waals surface area contributed by atoms with Crippen molar-refractivity contribution in [3.05, 3.63) is 0 Å². The molecule has 42 valence electrons. The second-order valence-corrected chi connectivity index (χ2v) is 2.50. The molecule has 0 spiro atoms. The monoisotopic (exact) mass is 166 g/mol. The molecule has 0 atom stereocenters. The third-order valence-corrected chi connectivity index (χ3v) is 1.49. The molecule has 1 rings (SSSR count). The Hall–Kier alpha value is 0.400. The van der Waals surface area contributed by atoms with E-state index in [-0.39, 0.29) is 0 Å². The van der Waals surface area contributed by atoms with Crippen LogP contribution >= 0.6 is 0 Å². The van der Waals surface area contributed by atoms with E-state index in [1.165, 1.54) is 12.8 Å². The number of hydrogen-bond acceptors (Lipinski definition) is 2. The Morgan fingerprint density at radius 2 is 2.43 bits per heavy atom. The summed E-state index contributed by atoms with van der Waals surface area (Å²) in [6, 6.07) is 0. The fraction of sp³-hybridized carbons (Fsp3) is 1.00. The van der Waals surface area contributed by atoms with Crippen molar-refractivity contribution in [3.63, 3.8) is 0 Å². The van der Waals surface area contributed by atoms with Crippen LogP contribution in [0.3, 0.4) is 0 Å². The van der Waals surface area contributed by atoms with Gasteiger partial charge < -0.3 is 4.20 Å². The Kier molecular flexibility index (Phi) is 2.09. The van der Waals surface area contributed by atoms with Crippen molar-refractivity contribution in [1.82, 2.24) is 0 Å². The largest absolute Gasteiger partial charge is 0.550 e. The number of rotatable bonds is 3. The first-order valence-corrected chi connectivity index (χ1v) is 3.62. The van der Waals surface area contributed by atoms with Crippen molar-refractivity contribution in [2.45, 2.75) is 12.8 Å². The van der Waals surface area contributed by atoms with E-state index in [1.54, 1.807) is 0 Å².